The summed E-state index contributed by atoms with van der Waals surface area (Å²) in [7, 11) is 0. The van der Waals surface area contributed by atoms with Crippen molar-refractivity contribution in [1.82, 2.24) is 9.88 Å². The van der Waals surface area contributed by atoms with Crippen LogP contribution in [-0.4, -0.2) is 39.5 Å². The van der Waals surface area contributed by atoms with Crippen molar-refractivity contribution in [2.75, 3.05) is 6.54 Å². The van der Waals surface area contributed by atoms with Crippen LogP contribution < -0.4 is 0 Å². The van der Waals surface area contributed by atoms with E-state index in [1.165, 1.54) is 12.3 Å². The van der Waals surface area contributed by atoms with Crippen molar-refractivity contribution in [2.24, 2.45) is 11.8 Å². The molecule has 1 aliphatic rings. The molecule has 2 heterocycles. The summed E-state index contributed by atoms with van der Waals surface area (Å²) in [5, 5.41) is 8.95. The van der Waals surface area contributed by atoms with E-state index < -0.39 is 5.97 Å². The summed E-state index contributed by atoms with van der Waals surface area (Å²) in [6, 6.07) is 3.09. The number of nitrogens with zero attached hydrogens (tertiary/aromatic N) is 2. The van der Waals surface area contributed by atoms with Crippen molar-refractivity contribution in [3.05, 3.63) is 29.6 Å². The second kappa shape index (κ2) is 5.61. The van der Waals surface area contributed by atoms with E-state index in [9.17, 15) is 9.59 Å². The first-order valence-corrected chi connectivity index (χ1v) is 6.90. The molecule has 2 rings (SSSR count). The van der Waals surface area contributed by atoms with Crippen LogP contribution >= 0.6 is 0 Å². The zero-order chi connectivity index (χ0) is 14.9. The zero-order valence-corrected chi connectivity index (χ0v) is 12.0. The first kappa shape index (κ1) is 14.5. The lowest BCUT2D eigenvalue weighted by atomic mass is 9.85. The average Bonchev–Trinajstić information content (AvgIpc) is 2.42. The van der Waals surface area contributed by atoms with E-state index >= 15 is 0 Å². The highest BCUT2D eigenvalue weighted by molar-refractivity contribution is 5.96. The molecule has 1 N–H and O–H groups in total. The molecular weight excluding hydrogens is 256 g/mol. The molecule has 1 aliphatic heterocycles. The molecule has 5 nitrogen and oxygen atoms in total. The topological polar surface area (TPSA) is 70.5 Å². The number of amides is 1. The van der Waals surface area contributed by atoms with Crippen molar-refractivity contribution in [2.45, 2.75) is 33.2 Å². The number of aromatic nitrogens is 1. The summed E-state index contributed by atoms with van der Waals surface area (Å²) >= 11 is 0. The van der Waals surface area contributed by atoms with Crippen LogP contribution in [0.15, 0.2) is 18.3 Å². The first-order chi connectivity index (χ1) is 9.40. The lowest BCUT2D eigenvalue weighted by Crippen LogP contribution is -2.48. The van der Waals surface area contributed by atoms with E-state index in [1.54, 1.807) is 6.07 Å². The Morgan fingerprint density at radius 2 is 2.05 bits per heavy atom. The molecular formula is C15H20N2O3. The van der Waals surface area contributed by atoms with Crippen LogP contribution in [0.4, 0.5) is 0 Å². The van der Waals surface area contributed by atoms with Gasteiger partial charge in [0.25, 0.3) is 5.91 Å². The number of carbonyl (C=O) groups excluding carboxylic acids is 1. The Hall–Kier alpha value is -1.91. The molecule has 0 saturated carbocycles. The Balaban J connectivity index is 2.26. The fourth-order valence-corrected chi connectivity index (χ4v) is 2.83. The first-order valence-electron chi connectivity index (χ1n) is 6.90. The van der Waals surface area contributed by atoms with Crippen LogP contribution in [-0.2, 0) is 0 Å². The fourth-order valence-electron chi connectivity index (χ4n) is 2.83. The maximum atomic E-state index is 12.6. The van der Waals surface area contributed by atoms with Crippen molar-refractivity contribution in [3.8, 4) is 0 Å². The van der Waals surface area contributed by atoms with Gasteiger partial charge < -0.3 is 10.0 Å². The minimum absolute atomic E-state index is 0.0957. The van der Waals surface area contributed by atoms with E-state index in [2.05, 4.69) is 18.8 Å². The third-order valence-electron chi connectivity index (χ3n) is 4.08. The van der Waals surface area contributed by atoms with Gasteiger partial charge in [0.1, 0.15) is 5.69 Å². The molecule has 20 heavy (non-hydrogen) atoms. The SMILES string of the molecule is CC1CC(C)C(C)N(C(=O)c2ccnc(C(=O)O)c2)C1. The van der Waals surface area contributed by atoms with Gasteiger partial charge in [-0.1, -0.05) is 13.8 Å². The maximum absolute atomic E-state index is 12.6. The van der Waals surface area contributed by atoms with E-state index in [4.69, 9.17) is 5.11 Å². The van der Waals surface area contributed by atoms with Gasteiger partial charge in [-0.15, -0.1) is 0 Å². The minimum Gasteiger partial charge on any atom is -0.477 e. The average molecular weight is 276 g/mol. The van der Waals surface area contributed by atoms with Crippen LogP contribution in [0.3, 0.4) is 0 Å². The molecule has 1 saturated heterocycles. The second-order valence-corrected chi connectivity index (χ2v) is 5.75. The van der Waals surface area contributed by atoms with Gasteiger partial charge in [-0.25, -0.2) is 9.78 Å². The minimum atomic E-state index is -1.12. The number of piperidine rings is 1. The number of hydrogen-bond donors (Lipinski definition) is 1. The molecule has 108 valence electrons. The van der Waals surface area contributed by atoms with Crippen molar-refractivity contribution >= 4 is 11.9 Å². The number of likely N-dealkylation sites (tertiary alicyclic amines) is 1. The second-order valence-electron chi connectivity index (χ2n) is 5.75. The summed E-state index contributed by atoms with van der Waals surface area (Å²) in [6.45, 7) is 7.05. The van der Waals surface area contributed by atoms with Crippen molar-refractivity contribution in [3.63, 3.8) is 0 Å². The molecule has 3 unspecified atom stereocenters. The van der Waals surface area contributed by atoms with Gasteiger partial charge in [-0.3, -0.25) is 4.79 Å². The highest BCUT2D eigenvalue weighted by Crippen LogP contribution is 2.28. The number of hydrogen-bond acceptors (Lipinski definition) is 3. The van der Waals surface area contributed by atoms with Gasteiger partial charge in [0, 0.05) is 24.3 Å². The predicted molar refractivity (Wildman–Crippen MR) is 74.6 cm³/mol. The molecule has 0 bridgehead atoms. The monoisotopic (exact) mass is 276 g/mol. The molecule has 0 aliphatic carbocycles. The number of pyridine rings is 1. The maximum Gasteiger partial charge on any atom is 0.354 e. The molecule has 0 spiro atoms. The number of aromatic carboxylic acids is 1. The van der Waals surface area contributed by atoms with E-state index in [0.717, 1.165) is 13.0 Å². The number of carboxylic acid groups (broad SMARTS) is 1. The Bertz CT molecular complexity index is 530. The molecule has 3 atom stereocenters. The lowest BCUT2D eigenvalue weighted by Gasteiger charge is -2.41. The van der Waals surface area contributed by atoms with Gasteiger partial charge in [0.05, 0.1) is 0 Å². The highest BCUT2D eigenvalue weighted by atomic mass is 16.4. The Morgan fingerprint density at radius 1 is 1.35 bits per heavy atom. The predicted octanol–water partition coefficient (Wildman–Crippen LogP) is 2.29. The van der Waals surface area contributed by atoms with Crippen LogP contribution in [0.25, 0.3) is 0 Å². The van der Waals surface area contributed by atoms with Crippen LogP contribution in [0.2, 0.25) is 0 Å². The fraction of sp³-hybridized carbons (Fsp3) is 0.533. The number of carbonyl (C=O) groups is 2. The van der Waals surface area contributed by atoms with E-state index in [-0.39, 0.29) is 17.6 Å². The normalized spacial score (nSPS) is 26.4. The summed E-state index contributed by atoms with van der Waals surface area (Å²) in [4.78, 5) is 29.1. The molecule has 0 radical (unpaired) electrons. The Morgan fingerprint density at radius 3 is 2.70 bits per heavy atom. The molecule has 1 amide bonds. The van der Waals surface area contributed by atoms with Gasteiger partial charge in [0.15, 0.2) is 0 Å². The van der Waals surface area contributed by atoms with Gasteiger partial charge in [-0.05, 0) is 37.3 Å². The van der Waals surface area contributed by atoms with Gasteiger partial charge >= 0.3 is 5.97 Å². The molecule has 1 aromatic rings. The highest BCUT2D eigenvalue weighted by Gasteiger charge is 2.32. The van der Waals surface area contributed by atoms with Crippen LogP contribution in [0, 0.1) is 11.8 Å². The van der Waals surface area contributed by atoms with Gasteiger partial charge in [0.2, 0.25) is 0 Å². The smallest absolute Gasteiger partial charge is 0.354 e. The van der Waals surface area contributed by atoms with Crippen LogP contribution in [0.5, 0.6) is 0 Å². The molecule has 1 fully saturated rings. The van der Waals surface area contributed by atoms with Crippen LogP contribution in [0.1, 0.15) is 48.0 Å². The van der Waals surface area contributed by atoms with Gasteiger partial charge in [-0.2, -0.15) is 0 Å². The van der Waals surface area contributed by atoms with Crippen molar-refractivity contribution in [1.29, 1.82) is 0 Å². The van der Waals surface area contributed by atoms with Crippen molar-refractivity contribution < 1.29 is 14.7 Å². The summed E-state index contributed by atoms with van der Waals surface area (Å²) < 4.78 is 0. The zero-order valence-electron chi connectivity index (χ0n) is 12.0. The summed E-state index contributed by atoms with van der Waals surface area (Å²) in [5.74, 6) is -0.316. The molecule has 5 heteroatoms. The third-order valence-corrected chi connectivity index (χ3v) is 4.08. The quantitative estimate of drug-likeness (QED) is 0.899. The largest absolute Gasteiger partial charge is 0.477 e. The van der Waals surface area contributed by atoms with E-state index in [0.29, 0.717) is 17.4 Å². The number of rotatable bonds is 2. The summed E-state index contributed by atoms with van der Waals surface area (Å²) in [5.41, 5.74) is 0.298. The third kappa shape index (κ3) is 2.81. The summed E-state index contributed by atoms with van der Waals surface area (Å²) in [6.07, 6.45) is 2.49. The number of carboxylic acids is 1. The van der Waals surface area contributed by atoms with E-state index in [1.807, 2.05) is 11.8 Å². The Kier molecular flexibility index (Phi) is 4.06. The Labute approximate surface area is 118 Å². The lowest BCUT2D eigenvalue weighted by molar-refractivity contribution is 0.0455. The standard InChI is InChI=1S/C15H20N2O3/c1-9-6-10(2)11(3)17(8-9)14(18)12-4-5-16-13(7-12)15(19)20/h4-5,7,9-11H,6,8H2,1-3H3,(H,19,20). The molecule has 1 aromatic heterocycles. The molecule has 0 aromatic carbocycles.